The predicted molar refractivity (Wildman–Crippen MR) is 88.9 cm³/mol. The summed E-state index contributed by atoms with van der Waals surface area (Å²) in [6.07, 6.45) is -0.428. The van der Waals surface area contributed by atoms with E-state index in [0.29, 0.717) is 5.69 Å². The second-order valence-corrected chi connectivity index (χ2v) is 5.52. The fourth-order valence-electron chi connectivity index (χ4n) is 2.86. The van der Waals surface area contributed by atoms with Gasteiger partial charge in [0, 0.05) is 29.7 Å². The molecule has 25 heavy (non-hydrogen) atoms. The molecule has 4 aromatic rings. The average Bonchev–Trinajstić information content (AvgIpc) is 3.01. The van der Waals surface area contributed by atoms with E-state index in [1.54, 1.807) is 16.7 Å². The summed E-state index contributed by atoms with van der Waals surface area (Å²) in [5.74, 6) is 0.217. The first kappa shape index (κ1) is 15.4. The fourth-order valence-corrected chi connectivity index (χ4v) is 2.86. The van der Waals surface area contributed by atoms with Crippen LogP contribution in [0.25, 0.3) is 28.2 Å². The lowest BCUT2D eigenvalue weighted by Crippen LogP contribution is -2.08. The van der Waals surface area contributed by atoms with E-state index in [1.165, 1.54) is 6.20 Å². The maximum Gasteiger partial charge on any atom is 0.417 e. The first-order valence-electron chi connectivity index (χ1n) is 7.60. The fraction of sp³-hybridized carbons (Fsp3) is 0.0526. The lowest BCUT2D eigenvalue weighted by Gasteiger charge is -2.11. The summed E-state index contributed by atoms with van der Waals surface area (Å²) in [6, 6.07) is 15.8. The Hall–Kier alpha value is -3.15. The van der Waals surface area contributed by atoms with Crippen LogP contribution in [0.4, 0.5) is 13.2 Å². The number of benzene rings is 1. The molecule has 6 heteroatoms. The van der Waals surface area contributed by atoms with Crippen LogP contribution in [0.3, 0.4) is 0 Å². The van der Waals surface area contributed by atoms with E-state index in [1.807, 2.05) is 42.5 Å². The number of rotatable bonds is 2. The molecule has 3 heterocycles. The molecule has 0 fully saturated rings. The van der Waals surface area contributed by atoms with Crippen LogP contribution < -0.4 is 0 Å². The van der Waals surface area contributed by atoms with Gasteiger partial charge in [-0.3, -0.25) is 9.38 Å². The van der Waals surface area contributed by atoms with Gasteiger partial charge in [-0.1, -0.05) is 36.4 Å². The number of fused-ring (bicyclic) bond motifs is 1. The SMILES string of the molecule is FC(F)(F)c1ccncc1-c1nc(-c2ccccc2)c2ccccn12. The molecule has 0 unspecified atom stereocenters. The molecule has 0 saturated carbocycles. The highest BCUT2D eigenvalue weighted by Crippen LogP contribution is 2.37. The number of nitrogens with zero attached hydrogens (tertiary/aromatic N) is 3. The third-order valence-electron chi connectivity index (χ3n) is 3.96. The molecule has 4 rings (SSSR count). The summed E-state index contributed by atoms with van der Waals surface area (Å²) in [6.45, 7) is 0. The highest BCUT2D eigenvalue weighted by atomic mass is 19.4. The monoisotopic (exact) mass is 339 g/mol. The lowest BCUT2D eigenvalue weighted by atomic mass is 10.1. The van der Waals surface area contributed by atoms with Crippen LogP contribution in [0.1, 0.15) is 5.56 Å². The standard InChI is InChI=1S/C19H12F3N3/c20-19(21,22)15-9-10-23-12-14(15)18-24-17(13-6-2-1-3-7-13)16-8-4-5-11-25(16)18/h1-12H. The molecule has 0 aliphatic rings. The maximum atomic E-state index is 13.4. The number of halogens is 3. The Morgan fingerprint density at radius 1 is 0.880 bits per heavy atom. The highest BCUT2D eigenvalue weighted by Gasteiger charge is 2.35. The summed E-state index contributed by atoms with van der Waals surface area (Å²) in [5.41, 5.74) is 1.42. The first-order valence-corrected chi connectivity index (χ1v) is 7.60. The smallest absolute Gasteiger partial charge is 0.299 e. The number of hydrogen-bond donors (Lipinski definition) is 0. The second kappa shape index (κ2) is 5.73. The summed E-state index contributed by atoms with van der Waals surface area (Å²) >= 11 is 0. The average molecular weight is 339 g/mol. The van der Waals surface area contributed by atoms with E-state index >= 15 is 0 Å². The zero-order valence-electron chi connectivity index (χ0n) is 12.9. The lowest BCUT2D eigenvalue weighted by molar-refractivity contribution is -0.137. The molecule has 1 aromatic carbocycles. The van der Waals surface area contributed by atoms with Crippen molar-refractivity contribution in [3.63, 3.8) is 0 Å². The van der Waals surface area contributed by atoms with Gasteiger partial charge in [-0.25, -0.2) is 4.98 Å². The van der Waals surface area contributed by atoms with Crippen molar-refractivity contribution in [1.29, 1.82) is 0 Å². The van der Waals surface area contributed by atoms with Crippen LogP contribution in [0.15, 0.2) is 73.2 Å². The van der Waals surface area contributed by atoms with Crippen LogP contribution in [-0.4, -0.2) is 14.4 Å². The minimum absolute atomic E-state index is 0.0432. The van der Waals surface area contributed by atoms with Crippen molar-refractivity contribution in [3.05, 3.63) is 78.8 Å². The third-order valence-corrected chi connectivity index (χ3v) is 3.96. The van der Waals surface area contributed by atoms with Crippen LogP contribution in [-0.2, 0) is 6.18 Å². The van der Waals surface area contributed by atoms with E-state index in [9.17, 15) is 13.2 Å². The van der Waals surface area contributed by atoms with E-state index in [0.717, 1.165) is 23.3 Å². The first-order chi connectivity index (χ1) is 12.1. The Morgan fingerprint density at radius 2 is 1.64 bits per heavy atom. The molecular formula is C19H12F3N3. The topological polar surface area (TPSA) is 30.2 Å². The number of hydrogen-bond acceptors (Lipinski definition) is 2. The van der Waals surface area contributed by atoms with Crippen LogP contribution in [0.5, 0.6) is 0 Å². The van der Waals surface area contributed by atoms with E-state index in [4.69, 9.17) is 0 Å². The minimum atomic E-state index is -4.48. The van der Waals surface area contributed by atoms with Gasteiger partial charge in [0.25, 0.3) is 0 Å². The molecule has 0 aliphatic carbocycles. The van der Waals surface area contributed by atoms with Gasteiger partial charge < -0.3 is 0 Å². The molecule has 0 N–H and O–H groups in total. The van der Waals surface area contributed by atoms with E-state index < -0.39 is 11.7 Å². The van der Waals surface area contributed by atoms with Crippen molar-refractivity contribution in [3.8, 4) is 22.6 Å². The van der Waals surface area contributed by atoms with Gasteiger partial charge in [-0.2, -0.15) is 13.2 Å². The van der Waals surface area contributed by atoms with Crippen molar-refractivity contribution < 1.29 is 13.2 Å². The van der Waals surface area contributed by atoms with Gasteiger partial charge >= 0.3 is 6.18 Å². The van der Waals surface area contributed by atoms with Crippen LogP contribution in [0, 0.1) is 0 Å². The van der Waals surface area contributed by atoms with Crippen molar-refractivity contribution in [2.45, 2.75) is 6.18 Å². The largest absolute Gasteiger partial charge is 0.417 e. The Bertz CT molecular complexity index is 1040. The van der Waals surface area contributed by atoms with Gasteiger partial charge in [0.15, 0.2) is 0 Å². The van der Waals surface area contributed by atoms with Crippen LogP contribution >= 0.6 is 0 Å². The molecule has 124 valence electrons. The molecule has 0 saturated heterocycles. The highest BCUT2D eigenvalue weighted by molar-refractivity contribution is 5.81. The Morgan fingerprint density at radius 3 is 2.40 bits per heavy atom. The third kappa shape index (κ3) is 2.65. The van der Waals surface area contributed by atoms with Crippen molar-refractivity contribution in [2.24, 2.45) is 0 Å². The summed E-state index contributed by atoms with van der Waals surface area (Å²) in [7, 11) is 0. The van der Waals surface area contributed by atoms with E-state index in [2.05, 4.69) is 9.97 Å². The molecule has 0 aliphatic heterocycles. The quantitative estimate of drug-likeness (QED) is 0.510. The maximum absolute atomic E-state index is 13.4. The predicted octanol–water partition coefficient (Wildman–Crippen LogP) is 5.08. The van der Waals surface area contributed by atoms with Crippen molar-refractivity contribution in [2.75, 3.05) is 0 Å². The van der Waals surface area contributed by atoms with Crippen molar-refractivity contribution in [1.82, 2.24) is 14.4 Å². The van der Waals surface area contributed by atoms with Gasteiger partial charge in [0.05, 0.1) is 16.8 Å². The van der Waals surface area contributed by atoms with Crippen LogP contribution in [0.2, 0.25) is 0 Å². The number of aromatic nitrogens is 3. The van der Waals surface area contributed by atoms with Gasteiger partial charge in [-0.05, 0) is 18.2 Å². The van der Waals surface area contributed by atoms with Gasteiger partial charge in [0.1, 0.15) is 5.82 Å². The molecule has 3 aromatic heterocycles. The molecule has 0 amide bonds. The molecule has 0 spiro atoms. The zero-order chi connectivity index (χ0) is 17.4. The molecule has 0 bridgehead atoms. The zero-order valence-corrected chi connectivity index (χ0v) is 12.9. The summed E-state index contributed by atoms with van der Waals surface area (Å²) in [4.78, 5) is 8.40. The van der Waals surface area contributed by atoms with E-state index in [-0.39, 0.29) is 11.4 Å². The normalized spacial score (nSPS) is 11.8. The number of imidazole rings is 1. The molecular weight excluding hydrogens is 327 g/mol. The van der Waals surface area contributed by atoms with Gasteiger partial charge in [0.2, 0.25) is 0 Å². The Balaban J connectivity index is 2.03. The second-order valence-electron chi connectivity index (χ2n) is 5.52. The Labute approximate surface area is 141 Å². The Kier molecular flexibility index (Phi) is 3.53. The summed E-state index contributed by atoms with van der Waals surface area (Å²) < 4.78 is 41.9. The van der Waals surface area contributed by atoms with Gasteiger partial charge in [-0.15, -0.1) is 0 Å². The number of pyridine rings is 2. The minimum Gasteiger partial charge on any atom is -0.299 e. The number of alkyl halides is 3. The summed E-state index contributed by atoms with van der Waals surface area (Å²) in [5, 5.41) is 0. The molecule has 3 nitrogen and oxygen atoms in total. The molecule has 0 atom stereocenters. The molecule has 0 radical (unpaired) electrons. The van der Waals surface area contributed by atoms with Crippen molar-refractivity contribution >= 4 is 5.52 Å².